The Morgan fingerprint density at radius 3 is 2.13 bits per heavy atom. The van der Waals surface area contributed by atoms with Crippen LogP contribution in [-0.4, -0.2) is 70.0 Å². The molecule has 10 heteroatoms. The molecule has 0 aliphatic rings. The van der Waals surface area contributed by atoms with Crippen LogP contribution in [0.2, 0.25) is 0 Å². The van der Waals surface area contributed by atoms with Crippen molar-refractivity contribution in [2.45, 2.75) is 71.3 Å². The number of carbonyl (C=O) groups excluding carboxylic acids is 2. The molecule has 0 bridgehead atoms. The SMILES string of the molecule is CCCCCCCCCC(=O)OC(COC(C)=O)COP(=O)([O-])OCC[N+](C)(C)C. The molecular formula is C20H40NO8P. The largest absolute Gasteiger partial charge is 0.756 e. The first-order valence-electron chi connectivity index (χ1n) is 10.7. The maximum absolute atomic E-state index is 12.0. The lowest BCUT2D eigenvalue weighted by atomic mass is 10.1. The van der Waals surface area contributed by atoms with Gasteiger partial charge in [0.15, 0.2) is 6.10 Å². The number of likely N-dealkylation sites (N-methyl/N-ethyl adjacent to an activating group) is 1. The van der Waals surface area contributed by atoms with E-state index < -0.39 is 32.5 Å². The Bertz CT molecular complexity index is 535. The number of phosphoric acid groups is 1. The van der Waals surface area contributed by atoms with E-state index in [0.29, 0.717) is 17.4 Å². The average Bonchev–Trinajstić information content (AvgIpc) is 2.61. The van der Waals surface area contributed by atoms with E-state index in [1.165, 1.54) is 26.2 Å². The van der Waals surface area contributed by atoms with Gasteiger partial charge in [0, 0.05) is 13.3 Å². The number of quaternary nitrogens is 1. The lowest BCUT2D eigenvalue weighted by Crippen LogP contribution is -2.37. The quantitative estimate of drug-likeness (QED) is 0.135. The fourth-order valence-corrected chi connectivity index (χ4v) is 3.16. The van der Waals surface area contributed by atoms with Crippen LogP contribution in [0.4, 0.5) is 0 Å². The summed E-state index contributed by atoms with van der Waals surface area (Å²) in [5.74, 6) is -1.04. The maximum Gasteiger partial charge on any atom is 0.306 e. The zero-order valence-corrected chi connectivity index (χ0v) is 20.1. The summed E-state index contributed by atoms with van der Waals surface area (Å²) >= 11 is 0. The summed E-state index contributed by atoms with van der Waals surface area (Å²) in [6.45, 7) is 3.06. The number of esters is 2. The molecule has 0 fully saturated rings. The third kappa shape index (κ3) is 19.0. The summed E-state index contributed by atoms with van der Waals surface area (Å²) in [6.07, 6.45) is 6.66. The third-order valence-electron chi connectivity index (χ3n) is 4.19. The van der Waals surface area contributed by atoms with Crippen LogP contribution in [0, 0.1) is 0 Å². The van der Waals surface area contributed by atoms with E-state index in [1.54, 1.807) is 0 Å². The molecule has 0 aromatic heterocycles. The molecule has 0 N–H and O–H groups in total. The Kier molecular flexibility index (Phi) is 15.2. The molecule has 0 spiro atoms. The van der Waals surface area contributed by atoms with Crippen molar-refractivity contribution in [2.24, 2.45) is 0 Å². The highest BCUT2D eigenvalue weighted by molar-refractivity contribution is 7.45. The van der Waals surface area contributed by atoms with Crippen LogP contribution in [0.3, 0.4) is 0 Å². The Balaban J connectivity index is 4.36. The monoisotopic (exact) mass is 453 g/mol. The Morgan fingerprint density at radius 2 is 1.57 bits per heavy atom. The van der Waals surface area contributed by atoms with Gasteiger partial charge >= 0.3 is 11.9 Å². The first-order valence-corrected chi connectivity index (χ1v) is 12.1. The van der Waals surface area contributed by atoms with E-state index in [4.69, 9.17) is 18.5 Å². The molecule has 0 saturated carbocycles. The summed E-state index contributed by atoms with van der Waals surface area (Å²) in [6, 6.07) is 0. The third-order valence-corrected chi connectivity index (χ3v) is 5.15. The van der Waals surface area contributed by atoms with Crippen LogP contribution in [-0.2, 0) is 32.7 Å². The smallest absolute Gasteiger partial charge is 0.306 e. The highest BCUT2D eigenvalue weighted by atomic mass is 31.2. The first kappa shape index (κ1) is 29.0. The second kappa shape index (κ2) is 15.8. The predicted molar refractivity (Wildman–Crippen MR) is 112 cm³/mol. The molecule has 2 atom stereocenters. The number of ether oxygens (including phenoxy) is 2. The minimum Gasteiger partial charge on any atom is -0.756 e. The molecule has 0 aliphatic carbocycles. The van der Waals surface area contributed by atoms with Crippen molar-refractivity contribution in [3.05, 3.63) is 0 Å². The number of hydrogen-bond donors (Lipinski definition) is 0. The van der Waals surface area contributed by atoms with E-state index in [0.717, 1.165) is 19.3 Å². The minimum absolute atomic E-state index is 0.0308. The van der Waals surface area contributed by atoms with Crippen molar-refractivity contribution < 1.29 is 42.1 Å². The summed E-state index contributed by atoms with van der Waals surface area (Å²) in [4.78, 5) is 35.0. The van der Waals surface area contributed by atoms with Gasteiger partial charge in [0.1, 0.15) is 19.8 Å². The fraction of sp³-hybridized carbons (Fsp3) is 0.900. The average molecular weight is 454 g/mol. The van der Waals surface area contributed by atoms with Gasteiger partial charge < -0.3 is 27.9 Å². The number of rotatable bonds is 18. The van der Waals surface area contributed by atoms with E-state index in [2.05, 4.69) is 6.92 Å². The molecule has 0 saturated heterocycles. The molecule has 0 rings (SSSR count). The molecule has 9 nitrogen and oxygen atoms in total. The number of unbranched alkanes of at least 4 members (excludes halogenated alkanes) is 6. The van der Waals surface area contributed by atoms with Crippen LogP contribution in [0.1, 0.15) is 65.2 Å². The van der Waals surface area contributed by atoms with Gasteiger partial charge in [-0.3, -0.25) is 14.2 Å². The van der Waals surface area contributed by atoms with E-state index in [-0.39, 0.29) is 19.6 Å². The summed E-state index contributed by atoms with van der Waals surface area (Å²) in [7, 11) is 1.15. The lowest BCUT2D eigenvalue weighted by molar-refractivity contribution is -0.870. The van der Waals surface area contributed by atoms with Crippen molar-refractivity contribution in [1.29, 1.82) is 0 Å². The molecule has 0 radical (unpaired) electrons. The van der Waals surface area contributed by atoms with Crippen LogP contribution in [0.25, 0.3) is 0 Å². The molecule has 2 unspecified atom stereocenters. The van der Waals surface area contributed by atoms with Crippen LogP contribution in [0.5, 0.6) is 0 Å². The molecule has 0 aromatic carbocycles. The van der Waals surface area contributed by atoms with Crippen molar-refractivity contribution in [1.82, 2.24) is 0 Å². The second-order valence-corrected chi connectivity index (χ2v) is 9.79. The number of phosphoric ester groups is 1. The Morgan fingerprint density at radius 1 is 0.967 bits per heavy atom. The van der Waals surface area contributed by atoms with Crippen molar-refractivity contribution in [3.63, 3.8) is 0 Å². The van der Waals surface area contributed by atoms with Crippen molar-refractivity contribution >= 4 is 19.8 Å². The van der Waals surface area contributed by atoms with Gasteiger partial charge in [-0.1, -0.05) is 45.4 Å². The van der Waals surface area contributed by atoms with Crippen molar-refractivity contribution in [3.8, 4) is 0 Å². The van der Waals surface area contributed by atoms with Crippen molar-refractivity contribution in [2.75, 3.05) is 47.5 Å². The molecule has 178 valence electrons. The zero-order chi connectivity index (χ0) is 23.0. The standard InChI is InChI=1S/C20H40NO8P/c1-6-7-8-9-10-11-12-13-20(23)29-19(16-26-18(2)22)17-28-30(24,25)27-15-14-21(3,4)5/h19H,6-17H2,1-5H3. The molecule has 0 aromatic rings. The summed E-state index contributed by atoms with van der Waals surface area (Å²) in [5.41, 5.74) is 0. The topological polar surface area (TPSA) is 111 Å². The fourth-order valence-electron chi connectivity index (χ4n) is 2.44. The van der Waals surface area contributed by atoms with Gasteiger partial charge in [0.25, 0.3) is 7.82 Å². The molecule has 0 aliphatic heterocycles. The zero-order valence-electron chi connectivity index (χ0n) is 19.2. The van der Waals surface area contributed by atoms with Gasteiger partial charge in [-0.2, -0.15) is 0 Å². The van der Waals surface area contributed by atoms with Crippen LogP contribution in [0.15, 0.2) is 0 Å². The van der Waals surface area contributed by atoms with E-state index in [9.17, 15) is 19.0 Å². The van der Waals surface area contributed by atoms with Gasteiger partial charge in [-0.25, -0.2) is 0 Å². The van der Waals surface area contributed by atoms with Gasteiger partial charge in [0.05, 0.1) is 27.7 Å². The van der Waals surface area contributed by atoms with Gasteiger partial charge in [0.2, 0.25) is 0 Å². The minimum atomic E-state index is -4.55. The summed E-state index contributed by atoms with van der Waals surface area (Å²) < 4.78 is 32.2. The number of hydrogen-bond acceptors (Lipinski definition) is 8. The summed E-state index contributed by atoms with van der Waals surface area (Å²) in [5, 5.41) is 0. The number of carbonyl (C=O) groups is 2. The molecule has 30 heavy (non-hydrogen) atoms. The van der Waals surface area contributed by atoms with Crippen LogP contribution < -0.4 is 4.89 Å². The van der Waals surface area contributed by atoms with Crippen LogP contribution >= 0.6 is 7.82 Å². The second-order valence-electron chi connectivity index (χ2n) is 8.38. The van der Waals surface area contributed by atoms with E-state index >= 15 is 0 Å². The predicted octanol–water partition coefficient (Wildman–Crippen LogP) is 2.81. The highest BCUT2D eigenvalue weighted by Gasteiger charge is 2.21. The van der Waals surface area contributed by atoms with E-state index in [1.807, 2.05) is 21.1 Å². The van der Waals surface area contributed by atoms with Gasteiger partial charge in [-0.05, 0) is 6.42 Å². The first-order chi connectivity index (χ1) is 13.9. The Labute approximate surface area is 181 Å². The normalized spacial score (nSPS) is 14.7. The number of nitrogens with zero attached hydrogens (tertiary/aromatic N) is 1. The van der Waals surface area contributed by atoms with Gasteiger partial charge in [-0.15, -0.1) is 0 Å². The molecule has 0 amide bonds. The Hall–Kier alpha value is -0.990. The molecular weight excluding hydrogens is 413 g/mol. The molecule has 0 heterocycles. The highest BCUT2D eigenvalue weighted by Crippen LogP contribution is 2.38. The maximum atomic E-state index is 12.0. The lowest BCUT2D eigenvalue weighted by Gasteiger charge is -2.28.